The van der Waals surface area contributed by atoms with Crippen molar-refractivity contribution in [3.05, 3.63) is 53.5 Å². The van der Waals surface area contributed by atoms with Crippen LogP contribution in [0.3, 0.4) is 0 Å². The number of rotatable bonds is 2. The van der Waals surface area contributed by atoms with Gasteiger partial charge in [0.2, 0.25) is 0 Å². The zero-order valence-corrected chi connectivity index (χ0v) is 14.3. The van der Waals surface area contributed by atoms with Crippen LogP contribution in [0.5, 0.6) is 0 Å². The zero-order valence-electron chi connectivity index (χ0n) is 13.3. The van der Waals surface area contributed by atoms with E-state index in [2.05, 4.69) is 77.0 Å². The van der Waals surface area contributed by atoms with Gasteiger partial charge in [-0.1, -0.05) is 51.2 Å². The average molecular weight is 272 g/mol. The second-order valence-corrected chi connectivity index (χ2v) is 11.2. The smallest absolute Gasteiger partial charge is 0.127 e. The number of fused-ring (bicyclic) bond motifs is 1. The van der Waals surface area contributed by atoms with Gasteiger partial charge in [-0.3, -0.25) is 0 Å². The molecule has 0 aromatic rings. The predicted octanol–water partition coefficient (Wildman–Crippen LogP) is 4.17. The molecule has 0 atom stereocenters. The van der Waals surface area contributed by atoms with Crippen molar-refractivity contribution in [1.82, 2.24) is 4.98 Å². The van der Waals surface area contributed by atoms with Gasteiger partial charge in [-0.25, -0.2) is 0 Å². The van der Waals surface area contributed by atoms with Crippen molar-refractivity contribution in [2.24, 2.45) is 0 Å². The summed E-state index contributed by atoms with van der Waals surface area (Å²) in [6, 6.07) is 0. The van der Waals surface area contributed by atoms with Crippen LogP contribution in [0.4, 0.5) is 0 Å². The highest BCUT2D eigenvalue weighted by molar-refractivity contribution is 6.82. The van der Waals surface area contributed by atoms with E-state index in [-0.39, 0.29) is 5.54 Å². The molecular formula is C17H26NSi. The molecule has 0 aromatic carbocycles. The van der Waals surface area contributed by atoms with Crippen LogP contribution in [0, 0.1) is 29.2 Å². The number of hydrogen-bond donors (Lipinski definition) is 1. The normalized spacial score (nSPS) is 24.4. The van der Waals surface area contributed by atoms with E-state index in [0.717, 1.165) is 0 Å². The van der Waals surface area contributed by atoms with Gasteiger partial charge in [-0.15, -0.1) is 0 Å². The Bertz CT molecular complexity index is 389. The summed E-state index contributed by atoms with van der Waals surface area (Å²) in [6.45, 7) is 16.2. The average Bonchev–Trinajstić information content (AvgIpc) is 2.49. The van der Waals surface area contributed by atoms with Gasteiger partial charge in [0.05, 0.1) is 0 Å². The summed E-state index contributed by atoms with van der Waals surface area (Å²) < 4.78 is 0. The van der Waals surface area contributed by atoms with Crippen LogP contribution in [-0.4, -0.2) is 13.8 Å². The minimum atomic E-state index is -1.65. The maximum atomic E-state index is 3.90. The third-order valence-corrected chi connectivity index (χ3v) is 7.12. The third-order valence-electron chi connectivity index (χ3n) is 3.85. The van der Waals surface area contributed by atoms with Crippen LogP contribution in [0.25, 0.3) is 0 Å². The third kappa shape index (κ3) is 2.90. The summed E-state index contributed by atoms with van der Waals surface area (Å²) in [7, 11) is -1.65. The molecule has 0 saturated heterocycles. The molecule has 2 rings (SSSR count). The molecule has 103 valence electrons. The van der Waals surface area contributed by atoms with Crippen molar-refractivity contribution in [3.63, 3.8) is 0 Å². The largest absolute Gasteiger partial charge is 0.332 e. The quantitative estimate of drug-likeness (QED) is 0.744. The van der Waals surface area contributed by atoms with E-state index in [1.165, 1.54) is 23.7 Å². The van der Waals surface area contributed by atoms with E-state index in [9.17, 15) is 0 Å². The molecule has 5 radical (unpaired) electrons. The highest BCUT2D eigenvalue weighted by Crippen LogP contribution is 2.57. The van der Waals surface area contributed by atoms with Crippen LogP contribution < -0.4 is 4.98 Å². The van der Waals surface area contributed by atoms with Crippen molar-refractivity contribution in [2.45, 2.75) is 53.3 Å². The van der Waals surface area contributed by atoms with Crippen LogP contribution in [0.1, 0.15) is 34.6 Å². The second-order valence-electron chi connectivity index (χ2n) is 7.17. The summed E-state index contributed by atoms with van der Waals surface area (Å²) in [5.74, 6) is 5.80. The summed E-state index contributed by atoms with van der Waals surface area (Å²) in [4.78, 5) is 3.90. The molecule has 0 heterocycles. The van der Waals surface area contributed by atoms with Crippen LogP contribution in [-0.2, 0) is 0 Å². The van der Waals surface area contributed by atoms with E-state index in [1.807, 2.05) is 0 Å². The van der Waals surface area contributed by atoms with E-state index < -0.39 is 8.24 Å². The Labute approximate surface area is 120 Å². The molecule has 0 amide bonds. The maximum absolute atomic E-state index is 3.90. The monoisotopic (exact) mass is 272 g/mol. The lowest BCUT2D eigenvalue weighted by Gasteiger charge is -2.41. The number of allylic oxidation sites excluding steroid dienone is 4. The van der Waals surface area contributed by atoms with Crippen molar-refractivity contribution in [2.75, 3.05) is 0 Å². The van der Waals surface area contributed by atoms with Crippen molar-refractivity contribution in [1.29, 1.82) is 0 Å². The van der Waals surface area contributed by atoms with E-state index >= 15 is 0 Å². The molecule has 19 heavy (non-hydrogen) atoms. The minimum absolute atomic E-state index is 0.161. The van der Waals surface area contributed by atoms with E-state index in [4.69, 9.17) is 0 Å². The summed E-state index contributed by atoms with van der Waals surface area (Å²) in [5, 5.41) is 0. The number of nitrogens with one attached hydrogen (secondary N) is 1. The molecule has 0 unspecified atom stereocenters. The van der Waals surface area contributed by atoms with Crippen molar-refractivity contribution in [3.8, 4) is 0 Å². The van der Waals surface area contributed by atoms with Crippen molar-refractivity contribution < 1.29 is 0 Å². The first kappa shape index (κ1) is 15.1. The molecule has 1 nitrogen and oxygen atoms in total. The maximum Gasteiger partial charge on any atom is 0.127 e. The minimum Gasteiger partial charge on any atom is -0.332 e. The topological polar surface area (TPSA) is 12.0 Å². The van der Waals surface area contributed by atoms with Gasteiger partial charge in [-0.05, 0) is 32.6 Å². The van der Waals surface area contributed by atoms with Crippen LogP contribution in [0.2, 0.25) is 13.1 Å². The van der Waals surface area contributed by atoms with E-state index in [1.54, 1.807) is 5.54 Å². The number of hydrogen-bond acceptors (Lipinski definition) is 1. The summed E-state index contributed by atoms with van der Waals surface area (Å²) >= 11 is 0. The Hall–Kier alpha value is -0.343. The lowest BCUT2D eigenvalue weighted by atomic mass is 9.86. The van der Waals surface area contributed by atoms with E-state index in [0.29, 0.717) is 0 Å². The van der Waals surface area contributed by atoms with Crippen molar-refractivity contribution >= 4 is 8.24 Å². The summed E-state index contributed by atoms with van der Waals surface area (Å²) in [6.07, 6.45) is 8.84. The Morgan fingerprint density at radius 3 is 1.95 bits per heavy atom. The van der Waals surface area contributed by atoms with Gasteiger partial charge in [0.25, 0.3) is 0 Å². The fraction of sp³-hybridized carbons (Fsp3) is 0.471. The first-order valence-corrected chi connectivity index (χ1v) is 10.1. The first-order valence-electron chi connectivity index (χ1n) is 7.08. The molecule has 2 heteroatoms. The Morgan fingerprint density at radius 2 is 1.42 bits per heavy atom. The highest BCUT2D eigenvalue weighted by atomic mass is 28.3. The molecule has 0 spiro atoms. The van der Waals surface area contributed by atoms with Gasteiger partial charge in [0.15, 0.2) is 0 Å². The van der Waals surface area contributed by atoms with Gasteiger partial charge in [-0.2, -0.15) is 0 Å². The lowest BCUT2D eigenvalue weighted by Crippen LogP contribution is -2.59. The molecule has 2 aliphatic carbocycles. The molecule has 0 aromatic heterocycles. The SMILES string of the molecule is C[C]1[C](C)[C]([Si](C)(C)NC(C)(C)C)[C]2C=CC=C[C]12. The highest BCUT2D eigenvalue weighted by Gasteiger charge is 2.53. The summed E-state index contributed by atoms with van der Waals surface area (Å²) in [5.41, 5.74) is 1.74. The fourth-order valence-electron chi connectivity index (χ4n) is 3.43. The molecule has 1 N–H and O–H groups in total. The first-order chi connectivity index (χ1) is 8.63. The molecular weight excluding hydrogens is 246 g/mol. The van der Waals surface area contributed by atoms with Crippen LogP contribution >= 0.6 is 0 Å². The molecule has 0 bridgehead atoms. The fourth-order valence-corrected chi connectivity index (χ4v) is 7.44. The van der Waals surface area contributed by atoms with Gasteiger partial charge in [0.1, 0.15) is 8.24 Å². The zero-order chi connectivity index (χ0) is 14.4. The molecule has 0 aliphatic heterocycles. The second kappa shape index (κ2) is 4.89. The van der Waals surface area contributed by atoms with Crippen LogP contribution in [0.15, 0.2) is 24.3 Å². The van der Waals surface area contributed by atoms with Gasteiger partial charge < -0.3 is 4.98 Å². The predicted molar refractivity (Wildman–Crippen MR) is 86.2 cm³/mol. The Balaban J connectivity index is 2.28. The lowest BCUT2D eigenvalue weighted by molar-refractivity contribution is 0.512. The van der Waals surface area contributed by atoms with Gasteiger partial charge in [0, 0.05) is 22.9 Å². The molecule has 1 fully saturated rings. The molecule has 2 aliphatic rings. The standard InChI is InChI=1S/C17H26NSi/c1-12-13(2)16(15-11-9-8-10-14(12)15)19(6,7)18-17(3,4)5/h8-11,18H,1-7H3. The Morgan fingerprint density at radius 1 is 0.895 bits per heavy atom. The molecule has 1 saturated carbocycles. The van der Waals surface area contributed by atoms with Gasteiger partial charge >= 0.3 is 0 Å². The Kier molecular flexibility index (Phi) is 3.87.